The van der Waals surface area contributed by atoms with E-state index in [4.69, 9.17) is 0 Å². The molecule has 0 aliphatic heterocycles. The summed E-state index contributed by atoms with van der Waals surface area (Å²) in [6, 6.07) is 15.4. The van der Waals surface area contributed by atoms with Gasteiger partial charge in [-0.25, -0.2) is 8.42 Å². The molecule has 2 aromatic rings. The fraction of sp³-hybridized carbons (Fsp3) is 0.364. The summed E-state index contributed by atoms with van der Waals surface area (Å²) >= 11 is 0. The quantitative estimate of drug-likeness (QED) is 0.660. The lowest BCUT2D eigenvalue weighted by Gasteiger charge is -2.32. The van der Waals surface area contributed by atoms with E-state index in [1.54, 1.807) is 30.3 Å². The minimum absolute atomic E-state index is 0.207. The van der Waals surface area contributed by atoms with Gasteiger partial charge in [-0.15, -0.1) is 0 Å². The van der Waals surface area contributed by atoms with E-state index < -0.39 is 22.0 Å². The molecule has 0 saturated heterocycles. The van der Waals surface area contributed by atoms with Crippen molar-refractivity contribution in [3.05, 3.63) is 65.7 Å². The van der Waals surface area contributed by atoms with Crippen molar-refractivity contribution in [2.45, 2.75) is 32.9 Å². The molecular formula is C22H29N3O4S. The summed E-state index contributed by atoms with van der Waals surface area (Å²) < 4.78 is 25.9. The van der Waals surface area contributed by atoms with Crippen molar-refractivity contribution in [1.29, 1.82) is 0 Å². The second kappa shape index (κ2) is 10.2. The van der Waals surface area contributed by atoms with Crippen molar-refractivity contribution in [3.63, 3.8) is 0 Å². The van der Waals surface area contributed by atoms with E-state index in [1.807, 2.05) is 38.1 Å². The number of nitrogens with one attached hydrogen (secondary N) is 1. The van der Waals surface area contributed by atoms with Crippen LogP contribution in [0.5, 0.6) is 0 Å². The highest BCUT2D eigenvalue weighted by Crippen LogP contribution is 2.19. The first-order chi connectivity index (χ1) is 14.2. The van der Waals surface area contributed by atoms with Crippen LogP contribution in [0.4, 0.5) is 5.69 Å². The van der Waals surface area contributed by atoms with Gasteiger partial charge in [-0.3, -0.25) is 13.9 Å². The lowest BCUT2D eigenvalue weighted by Crippen LogP contribution is -2.51. The summed E-state index contributed by atoms with van der Waals surface area (Å²) in [5.41, 5.74) is 2.31. The second-order valence-corrected chi connectivity index (χ2v) is 9.06. The lowest BCUT2D eigenvalue weighted by molar-refractivity contribution is -0.140. The third kappa shape index (κ3) is 6.06. The molecule has 2 aromatic carbocycles. The number of hydrogen-bond acceptors (Lipinski definition) is 4. The molecule has 0 aromatic heterocycles. The number of nitrogens with zero attached hydrogens (tertiary/aromatic N) is 2. The number of hydrogen-bond donors (Lipinski definition) is 1. The van der Waals surface area contributed by atoms with Gasteiger partial charge >= 0.3 is 0 Å². The maximum absolute atomic E-state index is 13.3. The molecule has 0 radical (unpaired) electrons. The van der Waals surface area contributed by atoms with E-state index in [-0.39, 0.29) is 19.0 Å². The number of anilines is 1. The normalized spacial score (nSPS) is 12.1. The van der Waals surface area contributed by atoms with Crippen LogP contribution in [-0.4, -0.2) is 51.0 Å². The molecule has 0 bridgehead atoms. The number of aryl methyl sites for hydroxylation is 1. The molecular weight excluding hydrogens is 402 g/mol. The van der Waals surface area contributed by atoms with E-state index in [2.05, 4.69) is 5.32 Å². The zero-order valence-electron chi connectivity index (χ0n) is 17.8. The second-order valence-electron chi connectivity index (χ2n) is 7.15. The van der Waals surface area contributed by atoms with Crippen LogP contribution in [0.25, 0.3) is 0 Å². The summed E-state index contributed by atoms with van der Waals surface area (Å²) in [4.78, 5) is 27.2. The van der Waals surface area contributed by atoms with Crippen molar-refractivity contribution in [2.75, 3.05) is 24.2 Å². The molecule has 30 heavy (non-hydrogen) atoms. The van der Waals surface area contributed by atoms with Gasteiger partial charge in [0, 0.05) is 13.6 Å². The summed E-state index contributed by atoms with van der Waals surface area (Å²) in [6.07, 6.45) is 1.47. The molecule has 7 nitrogen and oxygen atoms in total. The number of para-hydroxylation sites is 1. The van der Waals surface area contributed by atoms with Crippen LogP contribution in [0.2, 0.25) is 0 Å². The molecule has 8 heteroatoms. The predicted octanol–water partition coefficient (Wildman–Crippen LogP) is 2.31. The van der Waals surface area contributed by atoms with Crippen LogP contribution < -0.4 is 9.62 Å². The molecule has 0 saturated carbocycles. The van der Waals surface area contributed by atoms with Gasteiger partial charge in [0.05, 0.1) is 11.9 Å². The molecule has 0 fully saturated rings. The highest BCUT2D eigenvalue weighted by atomic mass is 32.2. The number of likely N-dealkylation sites (N-methyl/N-ethyl adjacent to an activating group) is 1. The first-order valence-electron chi connectivity index (χ1n) is 9.76. The Morgan fingerprint density at radius 3 is 2.27 bits per heavy atom. The Bertz CT molecular complexity index is 977. The Kier molecular flexibility index (Phi) is 8.00. The lowest BCUT2D eigenvalue weighted by atomic mass is 10.1. The standard InChI is InChI=1S/C22H29N3O4S/c1-5-20(22(27)23-3)24(15-18-11-9-10-17(2)14-18)21(26)16-25(30(4,28)29)19-12-7-6-8-13-19/h6-14,20H,5,15-16H2,1-4H3,(H,23,27). The Labute approximate surface area is 178 Å². The average molecular weight is 432 g/mol. The fourth-order valence-corrected chi connectivity index (χ4v) is 4.15. The first kappa shape index (κ1) is 23.4. The maximum atomic E-state index is 13.3. The molecule has 0 aliphatic rings. The van der Waals surface area contributed by atoms with Crippen molar-refractivity contribution in [1.82, 2.24) is 10.2 Å². The van der Waals surface area contributed by atoms with Crippen LogP contribution in [0, 0.1) is 6.92 Å². The number of benzene rings is 2. The van der Waals surface area contributed by atoms with E-state index in [0.717, 1.165) is 21.7 Å². The van der Waals surface area contributed by atoms with Gasteiger partial charge in [-0.1, -0.05) is 55.0 Å². The first-order valence-corrected chi connectivity index (χ1v) is 11.6. The molecule has 1 N–H and O–H groups in total. The topological polar surface area (TPSA) is 86.8 Å². The average Bonchev–Trinajstić information content (AvgIpc) is 2.71. The molecule has 1 unspecified atom stereocenters. The van der Waals surface area contributed by atoms with E-state index in [0.29, 0.717) is 12.1 Å². The summed E-state index contributed by atoms with van der Waals surface area (Å²) in [6.45, 7) is 3.59. The fourth-order valence-electron chi connectivity index (χ4n) is 3.30. The SMILES string of the molecule is CCC(C(=O)NC)N(Cc1cccc(C)c1)C(=O)CN(c1ccccc1)S(C)(=O)=O. The Hall–Kier alpha value is -2.87. The van der Waals surface area contributed by atoms with E-state index >= 15 is 0 Å². The number of amides is 2. The highest BCUT2D eigenvalue weighted by molar-refractivity contribution is 7.92. The predicted molar refractivity (Wildman–Crippen MR) is 119 cm³/mol. The van der Waals surface area contributed by atoms with Crippen LogP contribution in [-0.2, 0) is 26.2 Å². The third-order valence-corrected chi connectivity index (χ3v) is 5.93. The van der Waals surface area contributed by atoms with Crippen LogP contribution in [0.15, 0.2) is 54.6 Å². The van der Waals surface area contributed by atoms with Gasteiger partial charge in [0.15, 0.2) is 0 Å². The molecule has 162 valence electrons. The van der Waals surface area contributed by atoms with Crippen LogP contribution in [0.1, 0.15) is 24.5 Å². The van der Waals surface area contributed by atoms with Gasteiger partial charge in [-0.05, 0) is 31.0 Å². The van der Waals surface area contributed by atoms with Crippen LogP contribution >= 0.6 is 0 Å². The molecule has 0 spiro atoms. The van der Waals surface area contributed by atoms with E-state index in [1.165, 1.54) is 11.9 Å². The van der Waals surface area contributed by atoms with Gasteiger partial charge in [0.2, 0.25) is 21.8 Å². The summed E-state index contributed by atoms with van der Waals surface area (Å²) in [5, 5.41) is 2.60. The van der Waals surface area contributed by atoms with Gasteiger partial charge in [-0.2, -0.15) is 0 Å². The summed E-state index contributed by atoms with van der Waals surface area (Å²) in [7, 11) is -2.18. The van der Waals surface area contributed by atoms with Crippen molar-refractivity contribution < 1.29 is 18.0 Å². The largest absolute Gasteiger partial charge is 0.357 e. The molecule has 0 heterocycles. The molecule has 1 atom stereocenters. The number of carbonyl (C=O) groups is 2. The van der Waals surface area contributed by atoms with Gasteiger partial charge in [0.1, 0.15) is 12.6 Å². The smallest absolute Gasteiger partial charge is 0.244 e. The Morgan fingerprint density at radius 2 is 1.73 bits per heavy atom. The minimum atomic E-state index is -3.70. The zero-order valence-corrected chi connectivity index (χ0v) is 18.6. The summed E-state index contributed by atoms with van der Waals surface area (Å²) in [5.74, 6) is -0.731. The Balaban J connectivity index is 2.40. The molecule has 2 rings (SSSR count). The van der Waals surface area contributed by atoms with E-state index in [9.17, 15) is 18.0 Å². The van der Waals surface area contributed by atoms with Crippen LogP contribution in [0.3, 0.4) is 0 Å². The van der Waals surface area contributed by atoms with Crippen molar-refractivity contribution in [2.24, 2.45) is 0 Å². The molecule has 0 aliphatic carbocycles. The third-order valence-electron chi connectivity index (χ3n) is 4.79. The van der Waals surface area contributed by atoms with Crippen molar-refractivity contribution >= 4 is 27.5 Å². The monoisotopic (exact) mass is 431 g/mol. The van der Waals surface area contributed by atoms with Gasteiger partial charge < -0.3 is 10.2 Å². The van der Waals surface area contributed by atoms with Crippen molar-refractivity contribution in [3.8, 4) is 0 Å². The number of carbonyl (C=O) groups excluding carboxylic acids is 2. The zero-order chi connectivity index (χ0) is 22.3. The molecule has 2 amide bonds. The highest BCUT2D eigenvalue weighted by Gasteiger charge is 2.31. The van der Waals surface area contributed by atoms with Gasteiger partial charge in [0.25, 0.3) is 0 Å². The minimum Gasteiger partial charge on any atom is -0.357 e. The number of rotatable bonds is 9. The maximum Gasteiger partial charge on any atom is 0.244 e. The number of sulfonamides is 1. The Morgan fingerprint density at radius 1 is 1.07 bits per heavy atom.